The van der Waals surface area contributed by atoms with E-state index in [2.05, 4.69) is 86.8 Å². The Morgan fingerprint density at radius 3 is 1.33 bits per heavy atom. The Hall–Kier alpha value is -2.06. The summed E-state index contributed by atoms with van der Waals surface area (Å²) in [5, 5.41) is 0. The smallest absolute Gasteiger partial charge is 0.457 e. The van der Waals surface area contributed by atoms with E-state index < -0.39 is 13.9 Å². The first-order valence-corrected chi connectivity index (χ1v) is 27.9. The molecule has 2 atom stereocenters. The molecule has 0 heterocycles. The van der Waals surface area contributed by atoms with Gasteiger partial charge in [-0.05, 0) is 83.5 Å². The standard InChI is InChI=1S/C55H100NO7P/c1-3-5-7-9-11-13-15-17-19-21-23-25-26-27-29-31-33-35-37-39-41-43-45-47-50-60-52-54(53-62-64(58,59)61-51-49-56)63-55(57)48-46-44-42-40-38-36-34-32-30-28-24-22-20-18-16-14-12-10-8-6-4-2/h6,8,12,14,18,20-21,23-24,28,32,34,54H,3-5,7,9-11,13,15-17,19,22,25-27,29-31,33,35-53,56H2,1-2H3,(H,58,59)/b8-6-,14-12-,20-18-,23-21-,28-24-,34-32-. The normalized spacial score (nSPS) is 13.9. The molecular formula is C55H100NO7P. The second kappa shape index (κ2) is 51.9. The minimum absolute atomic E-state index is 0.0940. The molecule has 0 aliphatic rings. The minimum Gasteiger partial charge on any atom is -0.457 e. The maximum Gasteiger partial charge on any atom is 0.472 e. The number of esters is 1. The highest BCUT2D eigenvalue weighted by Gasteiger charge is 2.25. The fourth-order valence-electron chi connectivity index (χ4n) is 7.25. The van der Waals surface area contributed by atoms with Gasteiger partial charge in [-0.3, -0.25) is 13.8 Å². The second-order valence-corrected chi connectivity index (χ2v) is 18.8. The highest BCUT2D eigenvalue weighted by atomic mass is 31.2. The fraction of sp³-hybridized carbons (Fsp3) is 0.764. The quantitative estimate of drug-likeness (QED) is 0.0268. The molecule has 0 bridgehead atoms. The topological polar surface area (TPSA) is 117 Å². The van der Waals surface area contributed by atoms with Crippen LogP contribution in [-0.2, 0) is 27.9 Å². The van der Waals surface area contributed by atoms with Crippen LogP contribution in [0.15, 0.2) is 72.9 Å². The highest BCUT2D eigenvalue weighted by Crippen LogP contribution is 2.43. The van der Waals surface area contributed by atoms with Crippen molar-refractivity contribution >= 4 is 13.8 Å². The summed E-state index contributed by atoms with van der Waals surface area (Å²) in [6.45, 7) is 4.80. The molecule has 372 valence electrons. The zero-order valence-electron chi connectivity index (χ0n) is 41.5. The minimum atomic E-state index is -4.29. The van der Waals surface area contributed by atoms with Crippen LogP contribution in [0.2, 0.25) is 0 Å². The maximum atomic E-state index is 12.7. The number of phosphoric ester groups is 1. The summed E-state index contributed by atoms with van der Waals surface area (Å²) in [5.74, 6) is -0.348. The van der Waals surface area contributed by atoms with Crippen LogP contribution in [0.5, 0.6) is 0 Å². The summed E-state index contributed by atoms with van der Waals surface area (Å²) in [4.78, 5) is 22.6. The molecule has 2 unspecified atom stereocenters. The number of carbonyl (C=O) groups excluding carboxylic acids is 1. The van der Waals surface area contributed by atoms with Gasteiger partial charge in [-0.2, -0.15) is 0 Å². The van der Waals surface area contributed by atoms with Crippen molar-refractivity contribution < 1.29 is 32.8 Å². The third-order valence-electron chi connectivity index (χ3n) is 11.1. The number of carbonyl (C=O) groups is 1. The molecule has 0 saturated heterocycles. The van der Waals surface area contributed by atoms with E-state index in [0.717, 1.165) is 83.5 Å². The Bertz CT molecular complexity index is 1210. The van der Waals surface area contributed by atoms with E-state index in [1.165, 1.54) is 128 Å². The molecule has 0 aliphatic carbocycles. The Balaban J connectivity index is 3.97. The lowest BCUT2D eigenvalue weighted by atomic mass is 10.0. The predicted molar refractivity (Wildman–Crippen MR) is 275 cm³/mol. The Labute approximate surface area is 395 Å². The molecule has 0 radical (unpaired) electrons. The van der Waals surface area contributed by atoms with Crippen LogP contribution in [0.1, 0.15) is 232 Å². The Morgan fingerprint density at radius 2 is 0.875 bits per heavy atom. The molecule has 8 nitrogen and oxygen atoms in total. The van der Waals surface area contributed by atoms with Gasteiger partial charge in [0.1, 0.15) is 6.10 Å². The SMILES string of the molecule is CC/C=C\C/C=C\C/C=C\C/C=C\C/C=C\CCCCCCCC(=O)OC(COCCCCCCCCCCCCCC/C=C\CCCCCCCCCC)COP(=O)(O)OCCN. The van der Waals surface area contributed by atoms with Crippen molar-refractivity contribution in [2.24, 2.45) is 5.73 Å². The fourth-order valence-corrected chi connectivity index (χ4v) is 8.02. The maximum absolute atomic E-state index is 12.7. The van der Waals surface area contributed by atoms with E-state index in [9.17, 15) is 14.3 Å². The van der Waals surface area contributed by atoms with Crippen LogP contribution in [0.4, 0.5) is 0 Å². The molecule has 0 saturated carbocycles. The summed E-state index contributed by atoms with van der Waals surface area (Å²) in [6.07, 6.45) is 66.5. The molecule has 0 rings (SSSR count). The van der Waals surface area contributed by atoms with Crippen molar-refractivity contribution in [1.29, 1.82) is 0 Å². The molecule has 0 aromatic rings. The second-order valence-electron chi connectivity index (χ2n) is 17.4. The molecule has 64 heavy (non-hydrogen) atoms. The van der Waals surface area contributed by atoms with Crippen LogP contribution in [0.25, 0.3) is 0 Å². The number of hydrogen-bond acceptors (Lipinski definition) is 7. The Kier molecular flexibility index (Phi) is 50.2. The van der Waals surface area contributed by atoms with Crippen LogP contribution < -0.4 is 5.73 Å². The number of unbranched alkanes of at least 4 members (excludes halogenated alkanes) is 25. The molecule has 0 aromatic carbocycles. The van der Waals surface area contributed by atoms with Crippen molar-refractivity contribution in [3.8, 4) is 0 Å². The third-order valence-corrected chi connectivity index (χ3v) is 12.1. The van der Waals surface area contributed by atoms with Gasteiger partial charge in [-0.15, -0.1) is 0 Å². The van der Waals surface area contributed by atoms with Crippen molar-refractivity contribution in [2.75, 3.05) is 33.0 Å². The molecule has 0 aliphatic heterocycles. The lowest BCUT2D eigenvalue weighted by Gasteiger charge is -2.20. The monoisotopic (exact) mass is 918 g/mol. The van der Waals surface area contributed by atoms with E-state index in [-0.39, 0.29) is 32.3 Å². The summed E-state index contributed by atoms with van der Waals surface area (Å²) < 4.78 is 33.6. The lowest BCUT2D eigenvalue weighted by Crippen LogP contribution is -2.28. The molecular weight excluding hydrogens is 818 g/mol. The van der Waals surface area contributed by atoms with Gasteiger partial charge in [0.2, 0.25) is 0 Å². The average Bonchev–Trinajstić information content (AvgIpc) is 3.29. The summed E-state index contributed by atoms with van der Waals surface area (Å²) in [6, 6.07) is 0. The van der Waals surface area contributed by atoms with Gasteiger partial charge < -0.3 is 20.1 Å². The van der Waals surface area contributed by atoms with Gasteiger partial charge in [-0.1, -0.05) is 215 Å². The number of phosphoric acid groups is 1. The van der Waals surface area contributed by atoms with Gasteiger partial charge in [0.25, 0.3) is 0 Å². The van der Waals surface area contributed by atoms with Gasteiger partial charge in [0, 0.05) is 19.6 Å². The van der Waals surface area contributed by atoms with Gasteiger partial charge in [0.05, 0.1) is 19.8 Å². The number of ether oxygens (including phenoxy) is 2. The van der Waals surface area contributed by atoms with Crippen molar-refractivity contribution in [2.45, 2.75) is 238 Å². The zero-order valence-corrected chi connectivity index (χ0v) is 42.4. The van der Waals surface area contributed by atoms with Crippen LogP contribution in [0.3, 0.4) is 0 Å². The number of nitrogens with two attached hydrogens (primary N) is 1. The summed E-state index contributed by atoms with van der Waals surface area (Å²) in [7, 11) is -4.29. The van der Waals surface area contributed by atoms with E-state index in [4.69, 9.17) is 24.3 Å². The summed E-state index contributed by atoms with van der Waals surface area (Å²) in [5.41, 5.74) is 5.39. The lowest BCUT2D eigenvalue weighted by molar-refractivity contribution is -0.154. The summed E-state index contributed by atoms with van der Waals surface area (Å²) >= 11 is 0. The molecule has 0 amide bonds. The van der Waals surface area contributed by atoms with Crippen LogP contribution in [0, 0.1) is 0 Å². The molecule has 0 fully saturated rings. The van der Waals surface area contributed by atoms with E-state index in [1.54, 1.807) is 0 Å². The van der Waals surface area contributed by atoms with Gasteiger partial charge in [-0.25, -0.2) is 4.57 Å². The first kappa shape index (κ1) is 61.9. The Morgan fingerprint density at radius 1 is 0.484 bits per heavy atom. The van der Waals surface area contributed by atoms with Crippen LogP contribution in [-0.4, -0.2) is 49.9 Å². The van der Waals surface area contributed by atoms with Gasteiger partial charge in [0.15, 0.2) is 0 Å². The van der Waals surface area contributed by atoms with Crippen molar-refractivity contribution in [3.63, 3.8) is 0 Å². The first-order chi connectivity index (χ1) is 31.4. The van der Waals surface area contributed by atoms with E-state index in [0.29, 0.717) is 13.0 Å². The van der Waals surface area contributed by atoms with Crippen molar-refractivity contribution in [1.82, 2.24) is 0 Å². The largest absolute Gasteiger partial charge is 0.472 e. The molecule has 0 aromatic heterocycles. The average molecular weight is 918 g/mol. The third kappa shape index (κ3) is 50.9. The molecule has 0 spiro atoms. The van der Waals surface area contributed by atoms with Crippen molar-refractivity contribution in [3.05, 3.63) is 72.9 Å². The number of rotatable bonds is 50. The molecule has 9 heteroatoms. The zero-order chi connectivity index (χ0) is 46.5. The molecule has 3 N–H and O–H groups in total. The number of allylic oxidation sites excluding steroid dienone is 12. The first-order valence-electron chi connectivity index (χ1n) is 26.4. The van der Waals surface area contributed by atoms with E-state index in [1.807, 2.05) is 0 Å². The predicted octanol–water partition coefficient (Wildman–Crippen LogP) is 16.6. The highest BCUT2D eigenvalue weighted by molar-refractivity contribution is 7.47. The van der Waals surface area contributed by atoms with Crippen LogP contribution >= 0.6 is 7.82 Å². The number of hydrogen-bond donors (Lipinski definition) is 2. The van der Waals surface area contributed by atoms with Gasteiger partial charge >= 0.3 is 13.8 Å². The van der Waals surface area contributed by atoms with E-state index >= 15 is 0 Å².